The van der Waals surface area contributed by atoms with Crippen molar-refractivity contribution in [3.8, 4) is 0 Å². The number of aromatic nitrogens is 2. The first-order valence-corrected chi connectivity index (χ1v) is 13.3. The zero-order chi connectivity index (χ0) is 25.7. The summed E-state index contributed by atoms with van der Waals surface area (Å²) in [7, 11) is 0. The minimum atomic E-state index is -0.660. The molecule has 1 heterocycles. The van der Waals surface area contributed by atoms with Crippen molar-refractivity contribution in [1.29, 1.82) is 0 Å². The minimum Gasteiger partial charge on any atom is -0.390 e. The Kier molecular flexibility index (Phi) is 6.35. The quantitative estimate of drug-likeness (QED) is 0.520. The highest BCUT2D eigenvalue weighted by atomic mass is 16.3. The van der Waals surface area contributed by atoms with Gasteiger partial charge in [0.1, 0.15) is 5.82 Å². The molecule has 1 aromatic carbocycles. The molecule has 4 saturated carbocycles. The molecule has 8 heteroatoms. The van der Waals surface area contributed by atoms with E-state index in [4.69, 9.17) is 5.73 Å². The monoisotopic (exact) mass is 494 g/mol. The van der Waals surface area contributed by atoms with E-state index in [2.05, 4.69) is 18.8 Å². The number of anilines is 2. The average molecular weight is 495 g/mol. The number of carbonyl (C=O) groups excluding carboxylic acids is 1. The Bertz CT molecular complexity index is 1230. The lowest BCUT2D eigenvalue weighted by Crippen LogP contribution is -2.57. The van der Waals surface area contributed by atoms with E-state index >= 15 is 0 Å². The lowest BCUT2D eigenvalue weighted by atomic mass is 9.47. The maximum atomic E-state index is 14.0. The molecule has 2 atom stereocenters. The van der Waals surface area contributed by atoms with E-state index in [0.717, 1.165) is 37.7 Å². The van der Waals surface area contributed by atoms with Crippen molar-refractivity contribution < 1.29 is 9.90 Å². The first kappa shape index (κ1) is 24.8. The van der Waals surface area contributed by atoms with Gasteiger partial charge in [-0.25, -0.2) is 4.79 Å². The Morgan fingerprint density at radius 1 is 1.17 bits per heavy atom. The molecular weight excluding hydrogens is 456 g/mol. The van der Waals surface area contributed by atoms with Crippen molar-refractivity contribution in [1.82, 2.24) is 9.55 Å². The van der Waals surface area contributed by atoms with Gasteiger partial charge in [0, 0.05) is 13.0 Å². The summed E-state index contributed by atoms with van der Waals surface area (Å²) in [6.07, 6.45) is 6.37. The van der Waals surface area contributed by atoms with E-state index in [1.807, 2.05) is 30.3 Å². The molecular formula is C28H38N4O4. The Morgan fingerprint density at radius 2 is 1.83 bits per heavy atom. The van der Waals surface area contributed by atoms with Crippen LogP contribution < -0.4 is 21.9 Å². The van der Waals surface area contributed by atoms with E-state index in [1.165, 1.54) is 9.47 Å². The minimum absolute atomic E-state index is 0.00819. The van der Waals surface area contributed by atoms with Gasteiger partial charge in [-0.3, -0.25) is 19.1 Å². The Labute approximate surface area is 211 Å². The van der Waals surface area contributed by atoms with Gasteiger partial charge in [0.2, 0.25) is 5.91 Å². The summed E-state index contributed by atoms with van der Waals surface area (Å²) < 4.78 is 1.33. The van der Waals surface area contributed by atoms with Crippen molar-refractivity contribution in [2.75, 3.05) is 17.2 Å². The summed E-state index contributed by atoms with van der Waals surface area (Å²) in [5.41, 5.74) is 5.27. The molecule has 4 fully saturated rings. The molecule has 4 bridgehead atoms. The number of aliphatic hydroxyl groups is 1. The Hall–Kier alpha value is -2.87. The highest BCUT2D eigenvalue weighted by molar-refractivity contribution is 5.96. The van der Waals surface area contributed by atoms with E-state index in [1.54, 1.807) is 0 Å². The molecule has 2 aromatic rings. The second-order valence-electron chi connectivity index (χ2n) is 12.2. The number of hydrogen-bond donors (Lipinski definition) is 3. The van der Waals surface area contributed by atoms with Crippen molar-refractivity contribution in [2.45, 2.75) is 77.4 Å². The Balaban J connectivity index is 1.49. The van der Waals surface area contributed by atoms with Gasteiger partial charge in [-0.1, -0.05) is 44.2 Å². The highest BCUT2D eigenvalue weighted by Crippen LogP contribution is 2.63. The van der Waals surface area contributed by atoms with Crippen LogP contribution in [-0.2, 0) is 11.3 Å². The van der Waals surface area contributed by atoms with Crippen molar-refractivity contribution in [3.05, 3.63) is 56.7 Å². The van der Waals surface area contributed by atoms with Gasteiger partial charge in [-0.2, -0.15) is 0 Å². The predicted octanol–water partition coefficient (Wildman–Crippen LogP) is 3.27. The molecule has 8 nitrogen and oxygen atoms in total. The van der Waals surface area contributed by atoms with Gasteiger partial charge in [0.05, 0.1) is 12.1 Å². The number of carbonyl (C=O) groups is 1. The molecule has 4 N–H and O–H groups in total. The first-order chi connectivity index (χ1) is 17.1. The first-order valence-electron chi connectivity index (χ1n) is 13.3. The number of nitrogens with one attached hydrogen (secondary N) is 1. The van der Waals surface area contributed by atoms with Gasteiger partial charge in [0.25, 0.3) is 5.56 Å². The van der Waals surface area contributed by atoms with Crippen LogP contribution in [0.15, 0.2) is 39.9 Å². The van der Waals surface area contributed by atoms with Crippen molar-refractivity contribution >= 4 is 17.4 Å². The lowest BCUT2D eigenvalue weighted by Gasteiger charge is -2.60. The molecule has 36 heavy (non-hydrogen) atoms. The summed E-state index contributed by atoms with van der Waals surface area (Å²) in [6, 6.07) is 9.41. The molecule has 4 aliphatic carbocycles. The van der Waals surface area contributed by atoms with Gasteiger partial charge >= 0.3 is 5.69 Å². The number of amides is 1. The van der Waals surface area contributed by atoms with Crippen LogP contribution in [0.1, 0.15) is 70.8 Å². The van der Waals surface area contributed by atoms with E-state index in [0.29, 0.717) is 37.1 Å². The topological polar surface area (TPSA) is 121 Å². The third-order valence-corrected chi connectivity index (χ3v) is 8.58. The number of hydrogen-bond acceptors (Lipinski definition) is 5. The SMILES string of the molecule is CC(C)CCN(C(=O)CC12CC3CC(CC(O)(C3)C1)C2)c1c(N)n(Cc2ccccc2)c(=O)[nH]c1=O. The van der Waals surface area contributed by atoms with Gasteiger partial charge in [-0.15, -0.1) is 0 Å². The summed E-state index contributed by atoms with van der Waals surface area (Å²) in [5, 5.41) is 11.2. The van der Waals surface area contributed by atoms with Crippen LogP contribution in [0.3, 0.4) is 0 Å². The van der Waals surface area contributed by atoms with E-state index in [-0.39, 0.29) is 35.8 Å². The van der Waals surface area contributed by atoms with Crippen molar-refractivity contribution in [2.24, 2.45) is 23.2 Å². The van der Waals surface area contributed by atoms with Crippen LogP contribution in [0.5, 0.6) is 0 Å². The maximum absolute atomic E-state index is 14.0. The third kappa shape index (κ3) is 4.75. The number of H-pyrrole nitrogens is 1. The van der Waals surface area contributed by atoms with Crippen LogP contribution in [0, 0.1) is 23.2 Å². The molecule has 1 aromatic heterocycles. The number of rotatable bonds is 8. The summed E-state index contributed by atoms with van der Waals surface area (Å²) >= 11 is 0. The standard InChI is InChI=1S/C28H38N4O4/c1-18(2)8-9-31(22(33)15-27-11-20-10-21(12-27)14-28(36,13-20)17-27)23-24(29)32(26(35)30-25(23)34)16-19-6-4-3-5-7-19/h3-7,18,20-21,36H,8-17,29H2,1-2H3,(H,30,34,35). The number of nitrogen functional groups attached to an aromatic ring is 1. The molecule has 0 spiro atoms. The largest absolute Gasteiger partial charge is 0.390 e. The predicted molar refractivity (Wildman–Crippen MR) is 140 cm³/mol. The fraction of sp³-hybridized carbons (Fsp3) is 0.607. The van der Waals surface area contributed by atoms with Crippen LogP contribution in [0.4, 0.5) is 11.5 Å². The third-order valence-electron chi connectivity index (χ3n) is 8.58. The van der Waals surface area contributed by atoms with Crippen LogP contribution in [0.25, 0.3) is 0 Å². The number of aromatic amines is 1. The van der Waals surface area contributed by atoms with Crippen LogP contribution in [-0.4, -0.2) is 32.7 Å². The lowest BCUT2D eigenvalue weighted by molar-refractivity contribution is -0.168. The summed E-state index contributed by atoms with van der Waals surface area (Å²) in [4.78, 5) is 43.7. The fourth-order valence-electron chi connectivity index (χ4n) is 7.53. The Morgan fingerprint density at radius 3 is 2.44 bits per heavy atom. The molecule has 194 valence electrons. The number of nitrogens with two attached hydrogens (primary N) is 1. The molecule has 6 rings (SSSR count). The van der Waals surface area contributed by atoms with Gasteiger partial charge in [0.15, 0.2) is 5.69 Å². The van der Waals surface area contributed by atoms with E-state index in [9.17, 15) is 19.5 Å². The zero-order valence-electron chi connectivity index (χ0n) is 21.3. The normalized spacial score (nSPS) is 28.6. The zero-order valence-corrected chi connectivity index (χ0v) is 21.3. The second-order valence-corrected chi connectivity index (χ2v) is 12.2. The van der Waals surface area contributed by atoms with Crippen LogP contribution >= 0.6 is 0 Å². The van der Waals surface area contributed by atoms with E-state index < -0.39 is 16.9 Å². The molecule has 1 amide bonds. The second kappa shape index (κ2) is 9.21. The molecule has 2 unspecified atom stereocenters. The fourth-order valence-corrected chi connectivity index (χ4v) is 7.53. The van der Waals surface area contributed by atoms with Gasteiger partial charge < -0.3 is 15.7 Å². The number of nitrogens with zero attached hydrogens (tertiary/aromatic N) is 2. The highest BCUT2D eigenvalue weighted by Gasteiger charge is 2.57. The average Bonchev–Trinajstić information content (AvgIpc) is 2.77. The summed E-state index contributed by atoms with van der Waals surface area (Å²) in [5.74, 6) is 1.11. The van der Waals surface area contributed by atoms with Crippen molar-refractivity contribution in [3.63, 3.8) is 0 Å². The summed E-state index contributed by atoms with van der Waals surface area (Å²) in [6.45, 7) is 4.69. The molecule has 0 saturated heterocycles. The molecule has 0 radical (unpaired) electrons. The van der Waals surface area contributed by atoms with Gasteiger partial charge in [-0.05, 0) is 73.7 Å². The molecule has 0 aliphatic heterocycles. The maximum Gasteiger partial charge on any atom is 0.330 e. The number of benzene rings is 1. The molecule has 4 aliphatic rings. The van der Waals surface area contributed by atoms with Crippen LogP contribution in [0.2, 0.25) is 0 Å². The smallest absolute Gasteiger partial charge is 0.330 e.